The SMILES string of the molecule is CCC(O)COc1cccc2oc(C(=O)O)cc(=O)c12. The van der Waals surface area contributed by atoms with Crippen LogP contribution >= 0.6 is 0 Å². The molecule has 1 heterocycles. The Morgan fingerprint density at radius 3 is 2.85 bits per heavy atom. The highest BCUT2D eigenvalue weighted by molar-refractivity contribution is 5.89. The first-order chi connectivity index (χ1) is 9.52. The first-order valence-electron chi connectivity index (χ1n) is 6.14. The zero-order valence-corrected chi connectivity index (χ0v) is 10.8. The number of aromatic carboxylic acids is 1. The molecule has 106 valence electrons. The predicted octanol–water partition coefficient (Wildman–Crippen LogP) is 1.64. The van der Waals surface area contributed by atoms with Crippen LogP contribution in [0.4, 0.5) is 0 Å². The van der Waals surface area contributed by atoms with Crippen molar-refractivity contribution < 1.29 is 24.2 Å². The first-order valence-corrected chi connectivity index (χ1v) is 6.14. The van der Waals surface area contributed by atoms with Crippen LogP contribution in [-0.2, 0) is 0 Å². The van der Waals surface area contributed by atoms with E-state index in [4.69, 9.17) is 14.3 Å². The normalized spacial score (nSPS) is 12.3. The Morgan fingerprint density at radius 1 is 1.45 bits per heavy atom. The molecule has 0 aliphatic carbocycles. The lowest BCUT2D eigenvalue weighted by atomic mass is 10.2. The van der Waals surface area contributed by atoms with Crippen molar-refractivity contribution >= 4 is 16.9 Å². The van der Waals surface area contributed by atoms with E-state index in [1.54, 1.807) is 12.1 Å². The molecule has 0 aliphatic rings. The standard InChI is InChI=1S/C14H14O6/c1-2-8(15)7-19-10-4-3-5-11-13(10)9(16)6-12(20-11)14(17)18/h3-6,8,15H,2,7H2,1H3,(H,17,18). The second kappa shape index (κ2) is 5.75. The maximum Gasteiger partial charge on any atom is 0.371 e. The molecule has 2 aromatic rings. The smallest absolute Gasteiger partial charge is 0.371 e. The number of ether oxygens (including phenoxy) is 1. The van der Waals surface area contributed by atoms with Crippen molar-refractivity contribution in [3.8, 4) is 5.75 Å². The molecule has 0 saturated heterocycles. The summed E-state index contributed by atoms with van der Waals surface area (Å²) in [5, 5.41) is 18.5. The molecule has 0 radical (unpaired) electrons. The number of benzene rings is 1. The number of carbonyl (C=O) groups is 1. The van der Waals surface area contributed by atoms with Crippen LogP contribution in [0.2, 0.25) is 0 Å². The molecule has 0 amide bonds. The fraction of sp³-hybridized carbons (Fsp3) is 0.286. The molecule has 0 aliphatic heterocycles. The second-order valence-corrected chi connectivity index (χ2v) is 4.28. The summed E-state index contributed by atoms with van der Waals surface area (Å²) < 4.78 is 10.5. The quantitative estimate of drug-likeness (QED) is 0.863. The predicted molar refractivity (Wildman–Crippen MR) is 71.2 cm³/mol. The van der Waals surface area contributed by atoms with Crippen LogP contribution in [0.15, 0.2) is 33.5 Å². The number of aliphatic hydroxyl groups is 1. The van der Waals surface area contributed by atoms with Crippen LogP contribution in [0.1, 0.15) is 23.9 Å². The van der Waals surface area contributed by atoms with Crippen molar-refractivity contribution in [2.24, 2.45) is 0 Å². The van der Waals surface area contributed by atoms with Crippen molar-refractivity contribution in [1.29, 1.82) is 0 Å². The number of hydrogen-bond donors (Lipinski definition) is 2. The molecule has 6 heteroatoms. The Morgan fingerprint density at radius 2 is 2.20 bits per heavy atom. The van der Waals surface area contributed by atoms with Gasteiger partial charge in [0.15, 0.2) is 5.43 Å². The molecule has 6 nitrogen and oxygen atoms in total. The van der Waals surface area contributed by atoms with Crippen molar-refractivity contribution in [2.45, 2.75) is 19.4 Å². The van der Waals surface area contributed by atoms with Crippen molar-refractivity contribution in [3.05, 3.63) is 40.2 Å². The summed E-state index contributed by atoms with van der Waals surface area (Å²) in [5.74, 6) is -1.47. The minimum atomic E-state index is -1.31. The van der Waals surface area contributed by atoms with E-state index in [-0.39, 0.29) is 23.3 Å². The largest absolute Gasteiger partial charge is 0.490 e. The Bertz CT molecular complexity index is 688. The molecule has 0 fully saturated rings. The average Bonchev–Trinajstić information content (AvgIpc) is 2.44. The summed E-state index contributed by atoms with van der Waals surface area (Å²) in [6.45, 7) is 1.86. The Balaban J connectivity index is 2.47. The molecular weight excluding hydrogens is 264 g/mol. The number of aliphatic hydroxyl groups excluding tert-OH is 1. The fourth-order valence-electron chi connectivity index (χ4n) is 1.71. The molecule has 1 aromatic heterocycles. The van der Waals surface area contributed by atoms with E-state index >= 15 is 0 Å². The lowest BCUT2D eigenvalue weighted by molar-refractivity contribution is 0.0663. The van der Waals surface area contributed by atoms with Crippen LogP contribution < -0.4 is 10.2 Å². The van der Waals surface area contributed by atoms with Crippen molar-refractivity contribution in [3.63, 3.8) is 0 Å². The van der Waals surface area contributed by atoms with Gasteiger partial charge < -0.3 is 19.4 Å². The highest BCUT2D eigenvalue weighted by Gasteiger charge is 2.14. The number of hydrogen-bond acceptors (Lipinski definition) is 5. The molecule has 2 rings (SSSR count). The Kier molecular flexibility index (Phi) is 4.05. The molecular formula is C14H14O6. The minimum Gasteiger partial charge on any atom is -0.490 e. The molecule has 1 unspecified atom stereocenters. The van der Waals surface area contributed by atoms with E-state index in [2.05, 4.69) is 0 Å². The van der Waals surface area contributed by atoms with Crippen molar-refractivity contribution in [1.82, 2.24) is 0 Å². The molecule has 1 aromatic carbocycles. The summed E-state index contributed by atoms with van der Waals surface area (Å²) in [4.78, 5) is 22.8. The van der Waals surface area contributed by atoms with Crippen LogP contribution in [0.25, 0.3) is 11.0 Å². The van der Waals surface area contributed by atoms with Gasteiger partial charge in [-0.3, -0.25) is 4.79 Å². The topological polar surface area (TPSA) is 97.0 Å². The van der Waals surface area contributed by atoms with Gasteiger partial charge in [0.25, 0.3) is 0 Å². The fourth-order valence-corrected chi connectivity index (χ4v) is 1.71. The summed E-state index contributed by atoms with van der Waals surface area (Å²) in [5.41, 5.74) is -0.358. The third-order valence-corrected chi connectivity index (χ3v) is 2.83. The van der Waals surface area contributed by atoms with Gasteiger partial charge in [0.05, 0.1) is 6.10 Å². The van der Waals surface area contributed by atoms with Gasteiger partial charge in [0.1, 0.15) is 23.3 Å². The third-order valence-electron chi connectivity index (χ3n) is 2.83. The third kappa shape index (κ3) is 2.80. The van der Waals surface area contributed by atoms with E-state index in [0.717, 1.165) is 6.07 Å². The number of carboxylic acid groups (broad SMARTS) is 1. The molecule has 0 bridgehead atoms. The molecule has 2 N–H and O–H groups in total. The summed E-state index contributed by atoms with van der Waals surface area (Å²) in [6.07, 6.45) is -0.0988. The van der Waals surface area contributed by atoms with Gasteiger partial charge in [-0.15, -0.1) is 0 Å². The van der Waals surface area contributed by atoms with Gasteiger partial charge in [-0.05, 0) is 18.6 Å². The van der Waals surface area contributed by atoms with E-state index < -0.39 is 23.3 Å². The average molecular weight is 278 g/mol. The van der Waals surface area contributed by atoms with Crippen LogP contribution in [0.5, 0.6) is 5.75 Å². The molecule has 0 saturated carbocycles. The van der Waals surface area contributed by atoms with Crippen LogP contribution in [-0.4, -0.2) is 28.9 Å². The van der Waals surface area contributed by atoms with Gasteiger partial charge in [-0.2, -0.15) is 0 Å². The molecule has 1 atom stereocenters. The van der Waals surface area contributed by atoms with Crippen molar-refractivity contribution in [2.75, 3.05) is 6.61 Å². The van der Waals surface area contributed by atoms with Crippen LogP contribution in [0, 0.1) is 0 Å². The Labute approximate surface area is 114 Å². The molecule has 20 heavy (non-hydrogen) atoms. The van der Waals surface area contributed by atoms with E-state index in [1.807, 2.05) is 6.92 Å². The maximum absolute atomic E-state index is 12.0. The number of carboxylic acids is 1. The van der Waals surface area contributed by atoms with E-state index in [0.29, 0.717) is 6.42 Å². The number of fused-ring (bicyclic) bond motifs is 1. The first kappa shape index (κ1) is 14.1. The molecule has 0 spiro atoms. The van der Waals surface area contributed by atoms with Crippen LogP contribution in [0.3, 0.4) is 0 Å². The van der Waals surface area contributed by atoms with E-state index in [9.17, 15) is 14.7 Å². The second-order valence-electron chi connectivity index (χ2n) is 4.28. The maximum atomic E-state index is 12.0. The zero-order chi connectivity index (χ0) is 14.7. The lowest BCUT2D eigenvalue weighted by Crippen LogP contribution is -2.17. The zero-order valence-electron chi connectivity index (χ0n) is 10.8. The van der Waals surface area contributed by atoms with Gasteiger partial charge in [0, 0.05) is 6.07 Å². The highest BCUT2D eigenvalue weighted by Crippen LogP contribution is 2.23. The summed E-state index contributed by atoms with van der Waals surface area (Å²) in [7, 11) is 0. The monoisotopic (exact) mass is 278 g/mol. The summed E-state index contributed by atoms with van der Waals surface area (Å²) in [6, 6.07) is 5.56. The van der Waals surface area contributed by atoms with Gasteiger partial charge in [0.2, 0.25) is 5.76 Å². The van der Waals surface area contributed by atoms with Gasteiger partial charge in [-0.25, -0.2) is 4.79 Å². The highest BCUT2D eigenvalue weighted by atomic mass is 16.5. The van der Waals surface area contributed by atoms with Gasteiger partial charge in [-0.1, -0.05) is 13.0 Å². The van der Waals surface area contributed by atoms with Gasteiger partial charge >= 0.3 is 5.97 Å². The number of rotatable bonds is 5. The Hall–Kier alpha value is -2.34. The lowest BCUT2D eigenvalue weighted by Gasteiger charge is -2.11. The van der Waals surface area contributed by atoms with E-state index in [1.165, 1.54) is 6.07 Å². The minimum absolute atomic E-state index is 0.0513. The summed E-state index contributed by atoms with van der Waals surface area (Å²) >= 11 is 0.